The molecule has 0 unspecified atom stereocenters. The van der Waals surface area contributed by atoms with Gasteiger partial charge in [-0.2, -0.15) is 0 Å². The maximum Gasteiger partial charge on any atom is 0.244 e. The van der Waals surface area contributed by atoms with Crippen LogP contribution in [0.5, 0.6) is 5.75 Å². The topological polar surface area (TPSA) is 84.1 Å². The van der Waals surface area contributed by atoms with Gasteiger partial charge in [0.1, 0.15) is 4.90 Å². The fourth-order valence-electron chi connectivity index (χ4n) is 1.57. The standard InChI is InChI=1S/C11H11BrClN3O3S/c1-19-11-9(12)2-7(13)3-10(11)20(17,18)16-5-8-4-14-6-15-8/h2-4,6,16H,5H2,1H3,(H,14,15). The highest BCUT2D eigenvalue weighted by molar-refractivity contribution is 9.10. The minimum absolute atomic E-state index is 0.0288. The third-order valence-electron chi connectivity index (χ3n) is 2.48. The number of hydrogen-bond acceptors (Lipinski definition) is 4. The van der Waals surface area contributed by atoms with Gasteiger partial charge < -0.3 is 9.72 Å². The van der Waals surface area contributed by atoms with Gasteiger partial charge in [-0.25, -0.2) is 18.1 Å². The Morgan fingerprint density at radius 1 is 1.50 bits per heavy atom. The van der Waals surface area contributed by atoms with Gasteiger partial charge in [-0.3, -0.25) is 0 Å². The van der Waals surface area contributed by atoms with Crippen LogP contribution in [-0.2, 0) is 16.6 Å². The molecular formula is C11H11BrClN3O3S. The van der Waals surface area contributed by atoms with Gasteiger partial charge in [0.25, 0.3) is 0 Å². The second-order valence-electron chi connectivity index (χ2n) is 3.82. The highest BCUT2D eigenvalue weighted by atomic mass is 79.9. The zero-order chi connectivity index (χ0) is 14.8. The molecule has 0 amide bonds. The van der Waals surface area contributed by atoms with Crippen molar-refractivity contribution in [2.45, 2.75) is 11.4 Å². The fraction of sp³-hybridized carbons (Fsp3) is 0.182. The van der Waals surface area contributed by atoms with Gasteiger partial charge >= 0.3 is 0 Å². The predicted molar refractivity (Wildman–Crippen MR) is 78.3 cm³/mol. The number of hydrogen-bond donors (Lipinski definition) is 2. The lowest BCUT2D eigenvalue weighted by Gasteiger charge is -2.12. The normalized spacial score (nSPS) is 11.6. The number of aromatic amines is 1. The van der Waals surface area contributed by atoms with Gasteiger partial charge in [-0.05, 0) is 28.1 Å². The average Bonchev–Trinajstić information content (AvgIpc) is 2.89. The minimum atomic E-state index is -3.76. The molecule has 0 aliphatic heterocycles. The lowest BCUT2D eigenvalue weighted by molar-refractivity contribution is 0.399. The van der Waals surface area contributed by atoms with E-state index in [1.165, 1.54) is 25.7 Å². The number of benzene rings is 1. The summed E-state index contributed by atoms with van der Waals surface area (Å²) in [5, 5.41) is 0.291. The van der Waals surface area contributed by atoms with Gasteiger partial charge in [0.15, 0.2) is 5.75 Å². The van der Waals surface area contributed by atoms with Crippen molar-refractivity contribution in [2.24, 2.45) is 0 Å². The summed E-state index contributed by atoms with van der Waals surface area (Å²) in [7, 11) is -2.37. The maximum atomic E-state index is 12.3. The first-order chi connectivity index (χ1) is 9.44. The quantitative estimate of drug-likeness (QED) is 0.834. The summed E-state index contributed by atoms with van der Waals surface area (Å²) in [4.78, 5) is 6.59. The number of halogens is 2. The van der Waals surface area contributed by atoms with E-state index < -0.39 is 10.0 Å². The summed E-state index contributed by atoms with van der Waals surface area (Å²) in [6, 6.07) is 2.90. The van der Waals surface area contributed by atoms with Gasteiger partial charge in [0.2, 0.25) is 10.0 Å². The molecule has 1 heterocycles. The van der Waals surface area contributed by atoms with Crippen molar-refractivity contribution in [1.29, 1.82) is 0 Å². The highest BCUT2D eigenvalue weighted by Crippen LogP contribution is 2.35. The lowest BCUT2D eigenvalue weighted by atomic mass is 10.3. The minimum Gasteiger partial charge on any atom is -0.494 e. The molecule has 108 valence electrons. The Bertz CT molecular complexity index is 704. The largest absolute Gasteiger partial charge is 0.494 e. The van der Waals surface area contributed by atoms with Crippen LogP contribution in [0.15, 0.2) is 34.0 Å². The molecule has 0 bridgehead atoms. The molecular weight excluding hydrogens is 370 g/mol. The number of nitrogens with zero attached hydrogens (tertiary/aromatic N) is 1. The number of imidazole rings is 1. The maximum absolute atomic E-state index is 12.3. The van der Waals surface area contributed by atoms with Crippen LogP contribution in [0.25, 0.3) is 0 Å². The van der Waals surface area contributed by atoms with Crippen LogP contribution < -0.4 is 9.46 Å². The van der Waals surface area contributed by atoms with Crippen LogP contribution in [0.1, 0.15) is 5.69 Å². The van der Waals surface area contributed by atoms with E-state index in [1.54, 1.807) is 6.07 Å². The van der Waals surface area contributed by atoms with E-state index in [0.717, 1.165) is 0 Å². The van der Waals surface area contributed by atoms with Gasteiger partial charge in [0.05, 0.1) is 24.5 Å². The molecule has 2 N–H and O–H groups in total. The molecule has 6 nitrogen and oxygen atoms in total. The molecule has 0 aliphatic carbocycles. The van der Waals surface area contributed by atoms with Crippen molar-refractivity contribution >= 4 is 37.6 Å². The van der Waals surface area contributed by atoms with Crippen molar-refractivity contribution < 1.29 is 13.2 Å². The van der Waals surface area contributed by atoms with E-state index in [2.05, 4.69) is 30.6 Å². The van der Waals surface area contributed by atoms with Crippen LogP contribution in [0, 0.1) is 0 Å². The first-order valence-electron chi connectivity index (χ1n) is 5.44. The van der Waals surface area contributed by atoms with Crippen LogP contribution in [0.3, 0.4) is 0 Å². The van der Waals surface area contributed by atoms with E-state index in [4.69, 9.17) is 16.3 Å². The number of nitrogens with one attached hydrogen (secondary N) is 2. The highest BCUT2D eigenvalue weighted by Gasteiger charge is 2.22. The first kappa shape index (κ1) is 15.3. The zero-order valence-corrected chi connectivity index (χ0v) is 13.5. The Hall–Kier alpha value is -1.09. The lowest BCUT2D eigenvalue weighted by Crippen LogP contribution is -2.24. The Morgan fingerprint density at radius 2 is 2.25 bits per heavy atom. The van der Waals surface area contributed by atoms with E-state index in [9.17, 15) is 8.42 Å². The smallest absolute Gasteiger partial charge is 0.244 e. The van der Waals surface area contributed by atoms with Crippen molar-refractivity contribution in [3.05, 3.63) is 39.8 Å². The first-order valence-corrected chi connectivity index (χ1v) is 8.09. The molecule has 0 saturated carbocycles. The summed E-state index contributed by atoms with van der Waals surface area (Å²) in [5.41, 5.74) is 0.647. The Balaban J connectivity index is 2.33. The zero-order valence-electron chi connectivity index (χ0n) is 10.4. The van der Waals surface area contributed by atoms with Crippen LogP contribution in [-0.4, -0.2) is 25.5 Å². The summed E-state index contributed by atoms with van der Waals surface area (Å²) in [6.07, 6.45) is 3.01. The molecule has 1 aromatic heterocycles. The van der Waals surface area contributed by atoms with Gasteiger partial charge in [0, 0.05) is 16.9 Å². The fourth-order valence-corrected chi connectivity index (χ4v) is 3.95. The van der Waals surface area contributed by atoms with Crippen molar-refractivity contribution in [1.82, 2.24) is 14.7 Å². The third-order valence-corrected chi connectivity index (χ3v) is 4.69. The molecule has 0 radical (unpaired) electrons. The Kier molecular flexibility index (Phi) is 4.69. The Morgan fingerprint density at radius 3 is 2.85 bits per heavy atom. The summed E-state index contributed by atoms with van der Waals surface area (Å²) < 4.78 is 32.6. The monoisotopic (exact) mass is 379 g/mol. The van der Waals surface area contributed by atoms with E-state index in [0.29, 0.717) is 15.2 Å². The van der Waals surface area contributed by atoms with Crippen LogP contribution in [0.2, 0.25) is 5.02 Å². The van der Waals surface area contributed by atoms with Crippen LogP contribution >= 0.6 is 27.5 Å². The summed E-state index contributed by atoms with van der Waals surface area (Å²) >= 11 is 9.11. The Labute approximate surface area is 129 Å². The molecule has 0 saturated heterocycles. The number of methoxy groups -OCH3 is 1. The molecule has 20 heavy (non-hydrogen) atoms. The molecule has 1 aromatic carbocycles. The van der Waals surface area contributed by atoms with Crippen LogP contribution in [0.4, 0.5) is 0 Å². The SMILES string of the molecule is COc1c(Br)cc(Cl)cc1S(=O)(=O)NCc1cnc[nH]1. The second kappa shape index (κ2) is 6.13. The van der Waals surface area contributed by atoms with Crippen molar-refractivity contribution in [2.75, 3.05) is 7.11 Å². The summed E-state index contributed by atoms with van der Waals surface area (Å²) in [6.45, 7) is 0.0929. The van der Waals surface area contributed by atoms with E-state index >= 15 is 0 Å². The molecule has 0 spiro atoms. The van der Waals surface area contributed by atoms with Gasteiger partial charge in [-0.15, -0.1) is 0 Å². The number of rotatable bonds is 5. The predicted octanol–water partition coefficient (Wildman–Crippen LogP) is 2.31. The number of sulfonamides is 1. The number of H-pyrrole nitrogens is 1. The molecule has 0 atom stereocenters. The number of aromatic nitrogens is 2. The van der Waals surface area contributed by atoms with E-state index in [1.807, 2.05) is 0 Å². The van der Waals surface area contributed by atoms with Crippen molar-refractivity contribution in [3.63, 3.8) is 0 Å². The average molecular weight is 381 g/mol. The molecule has 2 rings (SSSR count). The number of ether oxygens (including phenoxy) is 1. The molecule has 2 aromatic rings. The third kappa shape index (κ3) is 3.32. The summed E-state index contributed by atoms with van der Waals surface area (Å²) in [5.74, 6) is 0.200. The second-order valence-corrected chi connectivity index (χ2v) is 6.85. The van der Waals surface area contributed by atoms with Crippen molar-refractivity contribution in [3.8, 4) is 5.75 Å². The van der Waals surface area contributed by atoms with E-state index in [-0.39, 0.29) is 17.2 Å². The molecule has 9 heteroatoms. The molecule has 0 fully saturated rings. The molecule has 0 aliphatic rings. The van der Waals surface area contributed by atoms with Gasteiger partial charge in [-0.1, -0.05) is 11.6 Å².